The third-order valence-electron chi connectivity index (χ3n) is 5.19. The number of anilines is 1. The summed E-state index contributed by atoms with van der Waals surface area (Å²) in [6, 6.07) is 6.68. The number of rotatable bonds is 5. The first-order valence-corrected chi connectivity index (χ1v) is 11.1. The SMILES string of the molecule is COc1ccc2cnn(C)c2c1NS(=O)(=O)c1ccc(-c2cnn3c2OCCC3)nc1. The summed E-state index contributed by atoms with van der Waals surface area (Å²) in [5, 5.41) is 9.31. The van der Waals surface area contributed by atoms with E-state index in [1.807, 2.05) is 6.07 Å². The molecule has 0 aliphatic carbocycles. The molecule has 1 N–H and O–H groups in total. The molecule has 10 nitrogen and oxygen atoms in total. The van der Waals surface area contributed by atoms with Crippen molar-refractivity contribution in [2.75, 3.05) is 18.4 Å². The predicted octanol–water partition coefficient (Wildman–Crippen LogP) is 2.42. The van der Waals surface area contributed by atoms with Gasteiger partial charge in [-0.1, -0.05) is 0 Å². The van der Waals surface area contributed by atoms with Crippen LogP contribution in [0.3, 0.4) is 0 Å². The molecular weight excluding hydrogens is 420 g/mol. The van der Waals surface area contributed by atoms with Crippen molar-refractivity contribution >= 4 is 26.6 Å². The number of benzene rings is 1. The second-order valence-corrected chi connectivity index (χ2v) is 8.80. The van der Waals surface area contributed by atoms with Crippen LogP contribution in [-0.2, 0) is 23.6 Å². The molecule has 5 rings (SSSR count). The van der Waals surface area contributed by atoms with Crippen molar-refractivity contribution in [2.45, 2.75) is 17.9 Å². The fourth-order valence-corrected chi connectivity index (χ4v) is 4.68. The summed E-state index contributed by atoms with van der Waals surface area (Å²) >= 11 is 0. The quantitative estimate of drug-likeness (QED) is 0.507. The van der Waals surface area contributed by atoms with E-state index in [1.54, 1.807) is 40.9 Å². The largest absolute Gasteiger partial charge is 0.494 e. The number of hydrogen-bond acceptors (Lipinski definition) is 7. The molecule has 0 saturated carbocycles. The van der Waals surface area contributed by atoms with Crippen LogP contribution in [0.4, 0.5) is 5.69 Å². The lowest BCUT2D eigenvalue weighted by Gasteiger charge is -2.16. The van der Waals surface area contributed by atoms with Gasteiger partial charge in [0.2, 0.25) is 5.88 Å². The average molecular weight is 440 g/mol. The van der Waals surface area contributed by atoms with Crippen molar-refractivity contribution in [2.24, 2.45) is 7.05 Å². The summed E-state index contributed by atoms with van der Waals surface area (Å²) in [5.74, 6) is 1.05. The normalized spacial score (nSPS) is 13.6. The zero-order chi connectivity index (χ0) is 21.6. The van der Waals surface area contributed by atoms with E-state index in [9.17, 15) is 8.42 Å². The van der Waals surface area contributed by atoms with Crippen molar-refractivity contribution in [3.8, 4) is 22.9 Å². The second kappa shape index (κ2) is 7.27. The van der Waals surface area contributed by atoms with E-state index >= 15 is 0 Å². The predicted molar refractivity (Wildman–Crippen MR) is 114 cm³/mol. The Balaban J connectivity index is 1.49. The maximum atomic E-state index is 13.1. The molecule has 0 unspecified atom stereocenters. The molecule has 4 heterocycles. The van der Waals surface area contributed by atoms with Gasteiger partial charge in [0, 0.05) is 31.6 Å². The first-order valence-electron chi connectivity index (χ1n) is 9.64. The van der Waals surface area contributed by atoms with E-state index in [2.05, 4.69) is 19.9 Å². The number of sulfonamides is 1. The van der Waals surface area contributed by atoms with Gasteiger partial charge in [0.1, 0.15) is 16.3 Å². The third kappa shape index (κ3) is 3.26. The molecule has 11 heteroatoms. The smallest absolute Gasteiger partial charge is 0.263 e. The maximum absolute atomic E-state index is 13.1. The van der Waals surface area contributed by atoms with E-state index in [0.29, 0.717) is 35.1 Å². The Bertz CT molecular complexity index is 1370. The lowest BCUT2D eigenvalue weighted by molar-refractivity contribution is 0.231. The van der Waals surface area contributed by atoms with Crippen molar-refractivity contribution in [3.63, 3.8) is 0 Å². The van der Waals surface area contributed by atoms with Gasteiger partial charge in [0.05, 0.1) is 42.9 Å². The monoisotopic (exact) mass is 440 g/mol. The molecule has 0 atom stereocenters. The van der Waals surface area contributed by atoms with Crippen molar-refractivity contribution in [1.29, 1.82) is 0 Å². The molecule has 1 aliphatic rings. The minimum absolute atomic E-state index is 0.0272. The van der Waals surface area contributed by atoms with E-state index < -0.39 is 10.0 Å². The topological polar surface area (TPSA) is 113 Å². The fourth-order valence-electron chi connectivity index (χ4n) is 3.65. The molecule has 3 aromatic heterocycles. The Morgan fingerprint density at radius 2 is 2.00 bits per heavy atom. The number of aromatic nitrogens is 5. The van der Waals surface area contributed by atoms with Gasteiger partial charge >= 0.3 is 0 Å². The van der Waals surface area contributed by atoms with Gasteiger partial charge in [0.15, 0.2) is 0 Å². The number of aryl methyl sites for hydroxylation is 2. The van der Waals surface area contributed by atoms with Crippen LogP contribution in [0, 0.1) is 0 Å². The lowest BCUT2D eigenvalue weighted by Crippen LogP contribution is -2.15. The molecule has 4 aromatic rings. The van der Waals surface area contributed by atoms with Gasteiger partial charge in [-0.2, -0.15) is 10.2 Å². The molecule has 0 bridgehead atoms. The number of nitrogens with zero attached hydrogens (tertiary/aromatic N) is 5. The van der Waals surface area contributed by atoms with Crippen LogP contribution in [0.2, 0.25) is 0 Å². The van der Waals surface area contributed by atoms with Crippen LogP contribution in [0.1, 0.15) is 6.42 Å². The summed E-state index contributed by atoms with van der Waals surface area (Å²) in [7, 11) is -0.694. The molecule has 0 spiro atoms. The average Bonchev–Trinajstić information content (AvgIpc) is 3.38. The highest BCUT2D eigenvalue weighted by Gasteiger charge is 2.22. The molecule has 0 saturated heterocycles. The molecule has 1 aromatic carbocycles. The number of ether oxygens (including phenoxy) is 2. The highest BCUT2D eigenvalue weighted by Crippen LogP contribution is 2.35. The summed E-state index contributed by atoms with van der Waals surface area (Å²) < 4.78 is 43.3. The molecular formula is C20H20N6O4S. The summed E-state index contributed by atoms with van der Waals surface area (Å²) in [4.78, 5) is 4.38. The minimum atomic E-state index is -3.92. The van der Waals surface area contributed by atoms with Crippen LogP contribution in [0.15, 0.2) is 47.8 Å². The van der Waals surface area contributed by atoms with Crippen molar-refractivity contribution < 1.29 is 17.9 Å². The highest BCUT2D eigenvalue weighted by molar-refractivity contribution is 7.92. The molecule has 1 aliphatic heterocycles. The van der Waals surface area contributed by atoms with Crippen LogP contribution in [-0.4, -0.2) is 46.7 Å². The lowest BCUT2D eigenvalue weighted by atomic mass is 10.2. The number of hydrogen-bond donors (Lipinski definition) is 1. The van der Waals surface area contributed by atoms with Crippen LogP contribution < -0.4 is 14.2 Å². The molecule has 0 amide bonds. The minimum Gasteiger partial charge on any atom is -0.494 e. The molecule has 31 heavy (non-hydrogen) atoms. The van der Waals surface area contributed by atoms with Crippen LogP contribution in [0.5, 0.6) is 11.6 Å². The second-order valence-electron chi connectivity index (χ2n) is 7.12. The van der Waals surface area contributed by atoms with Gasteiger partial charge in [-0.15, -0.1) is 0 Å². The first kappa shape index (κ1) is 19.4. The van der Waals surface area contributed by atoms with Gasteiger partial charge in [-0.05, 0) is 24.3 Å². The maximum Gasteiger partial charge on any atom is 0.263 e. The fraction of sp³-hybridized carbons (Fsp3) is 0.250. The Morgan fingerprint density at radius 1 is 1.13 bits per heavy atom. The highest BCUT2D eigenvalue weighted by atomic mass is 32.2. The number of methoxy groups -OCH3 is 1. The van der Waals surface area contributed by atoms with Gasteiger partial charge in [-0.25, -0.2) is 13.1 Å². The van der Waals surface area contributed by atoms with E-state index in [-0.39, 0.29) is 4.90 Å². The van der Waals surface area contributed by atoms with Crippen LogP contribution >= 0.6 is 0 Å². The van der Waals surface area contributed by atoms with E-state index in [4.69, 9.17) is 9.47 Å². The van der Waals surface area contributed by atoms with Crippen LogP contribution in [0.25, 0.3) is 22.2 Å². The Morgan fingerprint density at radius 3 is 2.77 bits per heavy atom. The number of fused-ring (bicyclic) bond motifs is 2. The third-order valence-corrected chi connectivity index (χ3v) is 6.52. The summed E-state index contributed by atoms with van der Waals surface area (Å²) in [6.45, 7) is 1.41. The number of nitrogens with one attached hydrogen (secondary N) is 1. The molecule has 0 radical (unpaired) electrons. The Labute approximate surface area is 178 Å². The molecule has 0 fully saturated rings. The Hall–Kier alpha value is -3.60. The van der Waals surface area contributed by atoms with Crippen molar-refractivity contribution in [3.05, 3.63) is 42.9 Å². The first-order chi connectivity index (χ1) is 15.0. The zero-order valence-corrected chi connectivity index (χ0v) is 17.8. The van der Waals surface area contributed by atoms with Gasteiger partial charge in [0.25, 0.3) is 10.0 Å². The number of pyridine rings is 1. The van der Waals surface area contributed by atoms with Gasteiger partial charge in [-0.3, -0.25) is 14.4 Å². The van der Waals surface area contributed by atoms with Gasteiger partial charge < -0.3 is 9.47 Å². The summed E-state index contributed by atoms with van der Waals surface area (Å²) in [6.07, 6.45) is 5.57. The Kier molecular flexibility index (Phi) is 4.54. The van der Waals surface area contributed by atoms with E-state index in [1.165, 1.54) is 19.4 Å². The van der Waals surface area contributed by atoms with Crippen molar-refractivity contribution in [1.82, 2.24) is 24.5 Å². The standard InChI is InChI=1S/C20H20N6O4S/c1-25-19-13(10-22-25)4-7-17(29-2)18(19)24-31(27,28)14-5-6-16(21-11-14)15-12-23-26-8-3-9-30-20(15)26/h4-7,10-12,24H,3,8-9H2,1-2H3. The molecule has 160 valence electrons. The van der Waals surface area contributed by atoms with E-state index in [0.717, 1.165) is 23.9 Å². The summed E-state index contributed by atoms with van der Waals surface area (Å²) in [5.41, 5.74) is 2.27. The zero-order valence-electron chi connectivity index (χ0n) is 16.9.